The van der Waals surface area contributed by atoms with Crippen molar-refractivity contribution in [3.05, 3.63) is 48.0 Å². The van der Waals surface area contributed by atoms with Gasteiger partial charge in [0.15, 0.2) is 11.6 Å². The quantitative estimate of drug-likeness (QED) is 0.770. The third kappa shape index (κ3) is 2.58. The number of benzene rings is 2. The van der Waals surface area contributed by atoms with E-state index >= 15 is 0 Å². The molecule has 3 N–H and O–H groups in total. The van der Waals surface area contributed by atoms with Crippen LogP contribution >= 0.6 is 0 Å². The molecule has 5 heteroatoms. The molecule has 0 amide bonds. The number of rotatable bonds is 3. The Morgan fingerprint density at radius 3 is 2.48 bits per heavy atom. The standard InChI is InChI=1S/C16H16N4O/c1-10-7-8-14(21-2)13(9-10)20-16-15(17)18-11-5-3-4-6-12(11)19-16/h3-9H,1-2H3,(H2,17,18)(H,19,20). The van der Waals surface area contributed by atoms with Gasteiger partial charge in [-0.25, -0.2) is 9.97 Å². The lowest BCUT2D eigenvalue weighted by atomic mass is 10.2. The van der Waals surface area contributed by atoms with Gasteiger partial charge in [0.05, 0.1) is 23.8 Å². The number of methoxy groups -OCH3 is 1. The fraction of sp³-hybridized carbons (Fsp3) is 0.125. The maximum absolute atomic E-state index is 5.99. The second-order valence-corrected chi connectivity index (χ2v) is 4.77. The van der Waals surface area contributed by atoms with Crippen LogP contribution in [0.25, 0.3) is 11.0 Å². The van der Waals surface area contributed by atoms with Crippen molar-refractivity contribution in [2.24, 2.45) is 0 Å². The van der Waals surface area contributed by atoms with Crippen molar-refractivity contribution in [3.8, 4) is 5.75 Å². The molecule has 106 valence electrons. The lowest BCUT2D eigenvalue weighted by molar-refractivity contribution is 0.416. The first-order valence-corrected chi connectivity index (χ1v) is 6.61. The topological polar surface area (TPSA) is 73.1 Å². The zero-order valence-corrected chi connectivity index (χ0v) is 11.9. The highest BCUT2D eigenvalue weighted by atomic mass is 16.5. The molecule has 0 unspecified atom stereocenters. The maximum Gasteiger partial charge on any atom is 0.174 e. The monoisotopic (exact) mass is 280 g/mol. The third-order valence-electron chi connectivity index (χ3n) is 3.21. The average molecular weight is 280 g/mol. The summed E-state index contributed by atoms with van der Waals surface area (Å²) in [5.74, 6) is 1.62. The van der Waals surface area contributed by atoms with Gasteiger partial charge < -0.3 is 15.8 Å². The predicted molar refractivity (Wildman–Crippen MR) is 85.0 cm³/mol. The molecule has 0 aliphatic rings. The van der Waals surface area contributed by atoms with E-state index < -0.39 is 0 Å². The molecule has 3 aromatic rings. The molecule has 0 radical (unpaired) electrons. The number of nitrogen functional groups attached to an aromatic ring is 1. The number of aromatic nitrogens is 2. The van der Waals surface area contributed by atoms with Gasteiger partial charge in [0.1, 0.15) is 5.75 Å². The highest BCUT2D eigenvalue weighted by Gasteiger charge is 2.09. The van der Waals surface area contributed by atoms with E-state index in [-0.39, 0.29) is 0 Å². The largest absolute Gasteiger partial charge is 0.495 e. The number of nitrogens with one attached hydrogen (secondary N) is 1. The Kier molecular flexibility index (Phi) is 3.31. The highest BCUT2D eigenvalue weighted by molar-refractivity contribution is 5.81. The van der Waals surface area contributed by atoms with Crippen LogP contribution in [-0.2, 0) is 0 Å². The van der Waals surface area contributed by atoms with Gasteiger partial charge in [0.25, 0.3) is 0 Å². The Hall–Kier alpha value is -2.82. The number of fused-ring (bicyclic) bond motifs is 1. The molecule has 1 heterocycles. The van der Waals surface area contributed by atoms with E-state index in [1.54, 1.807) is 7.11 Å². The molecule has 0 spiro atoms. The van der Waals surface area contributed by atoms with Crippen LogP contribution in [0.5, 0.6) is 5.75 Å². The van der Waals surface area contributed by atoms with Gasteiger partial charge in [0, 0.05) is 0 Å². The first-order valence-electron chi connectivity index (χ1n) is 6.61. The molecule has 0 aliphatic heterocycles. The highest BCUT2D eigenvalue weighted by Crippen LogP contribution is 2.30. The van der Waals surface area contributed by atoms with Crippen molar-refractivity contribution in [3.63, 3.8) is 0 Å². The molecule has 0 saturated heterocycles. The van der Waals surface area contributed by atoms with Gasteiger partial charge in [-0.3, -0.25) is 0 Å². The summed E-state index contributed by atoms with van der Waals surface area (Å²) >= 11 is 0. The van der Waals surface area contributed by atoms with Gasteiger partial charge >= 0.3 is 0 Å². The molecule has 0 aliphatic carbocycles. The third-order valence-corrected chi connectivity index (χ3v) is 3.21. The zero-order chi connectivity index (χ0) is 14.8. The van der Waals surface area contributed by atoms with E-state index in [9.17, 15) is 0 Å². The summed E-state index contributed by atoms with van der Waals surface area (Å²) in [6.45, 7) is 2.01. The molecule has 2 aromatic carbocycles. The number of aryl methyl sites for hydroxylation is 1. The number of anilines is 3. The smallest absolute Gasteiger partial charge is 0.174 e. The van der Waals surface area contributed by atoms with E-state index in [2.05, 4.69) is 15.3 Å². The minimum absolute atomic E-state index is 0.359. The maximum atomic E-state index is 5.99. The minimum atomic E-state index is 0.359. The van der Waals surface area contributed by atoms with E-state index in [0.717, 1.165) is 28.0 Å². The van der Waals surface area contributed by atoms with Crippen LogP contribution in [-0.4, -0.2) is 17.1 Å². The Morgan fingerprint density at radius 1 is 1.05 bits per heavy atom. The Labute approximate surface area is 122 Å². The Bertz CT molecular complexity index is 801. The summed E-state index contributed by atoms with van der Waals surface area (Å²) in [7, 11) is 1.63. The Balaban J connectivity index is 2.05. The van der Waals surface area contributed by atoms with Crippen LogP contribution in [0.15, 0.2) is 42.5 Å². The number of nitrogens with zero attached hydrogens (tertiary/aromatic N) is 2. The molecule has 0 bridgehead atoms. The summed E-state index contributed by atoms with van der Waals surface area (Å²) in [5.41, 5.74) is 9.48. The molecule has 1 aromatic heterocycles. The van der Waals surface area contributed by atoms with Gasteiger partial charge in [-0.15, -0.1) is 0 Å². The van der Waals surface area contributed by atoms with Crippen molar-refractivity contribution < 1.29 is 4.74 Å². The van der Waals surface area contributed by atoms with Crippen molar-refractivity contribution in [2.75, 3.05) is 18.2 Å². The molecule has 0 saturated carbocycles. The van der Waals surface area contributed by atoms with Crippen molar-refractivity contribution in [1.82, 2.24) is 9.97 Å². The second-order valence-electron chi connectivity index (χ2n) is 4.77. The van der Waals surface area contributed by atoms with E-state index in [1.807, 2.05) is 49.4 Å². The van der Waals surface area contributed by atoms with Crippen LogP contribution in [0.3, 0.4) is 0 Å². The number of hydrogen-bond donors (Lipinski definition) is 2. The van der Waals surface area contributed by atoms with Gasteiger partial charge in [-0.05, 0) is 36.8 Å². The molecule has 5 nitrogen and oxygen atoms in total. The normalized spacial score (nSPS) is 10.6. The molecule has 0 atom stereocenters. The fourth-order valence-electron chi connectivity index (χ4n) is 2.15. The summed E-state index contributed by atoms with van der Waals surface area (Å²) in [4.78, 5) is 8.88. The first-order chi connectivity index (χ1) is 10.2. The average Bonchev–Trinajstić information content (AvgIpc) is 2.48. The van der Waals surface area contributed by atoms with E-state index in [4.69, 9.17) is 10.5 Å². The van der Waals surface area contributed by atoms with Crippen LogP contribution in [0.2, 0.25) is 0 Å². The number of hydrogen-bond acceptors (Lipinski definition) is 5. The lowest BCUT2D eigenvalue weighted by Crippen LogP contribution is -2.03. The summed E-state index contributed by atoms with van der Waals surface area (Å²) in [5, 5.41) is 3.20. The molecule has 21 heavy (non-hydrogen) atoms. The van der Waals surface area contributed by atoms with Gasteiger partial charge in [0.2, 0.25) is 0 Å². The first kappa shape index (κ1) is 13.2. The second kappa shape index (κ2) is 5.28. The predicted octanol–water partition coefficient (Wildman–Crippen LogP) is 3.27. The van der Waals surface area contributed by atoms with Crippen molar-refractivity contribution in [2.45, 2.75) is 6.92 Å². The lowest BCUT2D eigenvalue weighted by Gasteiger charge is -2.13. The van der Waals surface area contributed by atoms with Crippen molar-refractivity contribution >= 4 is 28.4 Å². The van der Waals surface area contributed by atoms with Gasteiger partial charge in [-0.1, -0.05) is 18.2 Å². The number of nitrogens with two attached hydrogens (primary N) is 1. The summed E-state index contributed by atoms with van der Waals surface area (Å²) < 4.78 is 5.35. The number of para-hydroxylation sites is 2. The van der Waals surface area contributed by atoms with Crippen LogP contribution in [0.4, 0.5) is 17.3 Å². The molecule has 0 fully saturated rings. The van der Waals surface area contributed by atoms with Gasteiger partial charge in [-0.2, -0.15) is 0 Å². The SMILES string of the molecule is COc1ccc(C)cc1Nc1nc2ccccc2nc1N. The van der Waals surface area contributed by atoms with Crippen LogP contribution < -0.4 is 15.8 Å². The van der Waals surface area contributed by atoms with Crippen molar-refractivity contribution in [1.29, 1.82) is 0 Å². The Morgan fingerprint density at radius 2 is 1.76 bits per heavy atom. The number of ether oxygens (including phenoxy) is 1. The van der Waals surface area contributed by atoms with Crippen LogP contribution in [0, 0.1) is 6.92 Å². The fourth-order valence-corrected chi connectivity index (χ4v) is 2.15. The summed E-state index contributed by atoms with van der Waals surface area (Å²) in [6.07, 6.45) is 0. The van der Waals surface area contributed by atoms with Crippen LogP contribution in [0.1, 0.15) is 5.56 Å². The van der Waals surface area contributed by atoms with E-state index in [0.29, 0.717) is 11.6 Å². The summed E-state index contributed by atoms with van der Waals surface area (Å²) in [6, 6.07) is 13.5. The molecular weight excluding hydrogens is 264 g/mol. The zero-order valence-electron chi connectivity index (χ0n) is 11.9. The molecule has 3 rings (SSSR count). The minimum Gasteiger partial charge on any atom is -0.495 e. The van der Waals surface area contributed by atoms with E-state index in [1.165, 1.54) is 0 Å². The molecular formula is C16H16N4O.